The second-order valence-corrected chi connectivity index (χ2v) is 2.78. The van der Waals surface area contributed by atoms with Gasteiger partial charge >= 0.3 is 0 Å². The van der Waals surface area contributed by atoms with Crippen LogP contribution >= 0.6 is 0 Å². The summed E-state index contributed by atoms with van der Waals surface area (Å²) in [7, 11) is 0. The Balaban J connectivity index is 3.27. The van der Waals surface area contributed by atoms with Crippen LogP contribution in [0.4, 0.5) is 5.69 Å². The number of benzene rings is 1. The van der Waals surface area contributed by atoms with Crippen molar-refractivity contribution in [2.24, 2.45) is 0 Å². The van der Waals surface area contributed by atoms with Gasteiger partial charge in [-0.2, -0.15) is 0 Å². The van der Waals surface area contributed by atoms with Crippen molar-refractivity contribution in [3.8, 4) is 0 Å². The summed E-state index contributed by atoms with van der Waals surface area (Å²) in [5.41, 5.74) is 1.46. The first kappa shape index (κ1) is 10.2. The zero-order chi connectivity index (χ0) is 10.6. The molecule has 0 bridgehead atoms. The van der Waals surface area contributed by atoms with E-state index in [1.165, 1.54) is 12.1 Å². The van der Waals surface area contributed by atoms with Gasteiger partial charge in [-0.15, -0.1) is 0 Å². The number of hydrogen-bond donors (Lipinski definition) is 0. The highest BCUT2D eigenvalue weighted by Gasteiger charge is 2.10. The lowest BCUT2D eigenvalue weighted by Gasteiger charge is -1.98. The maximum atomic E-state index is 10.7. The molecule has 0 aliphatic rings. The molecule has 1 rings (SSSR count). The van der Waals surface area contributed by atoms with Gasteiger partial charge in [0.25, 0.3) is 5.69 Å². The number of allylic oxidation sites excluding steroid dienone is 1. The SMILES string of the molecule is C=Cc1ccc(/C=C/C)cc1[N+](=O)[O-]. The van der Waals surface area contributed by atoms with Gasteiger partial charge in [0.05, 0.1) is 10.5 Å². The van der Waals surface area contributed by atoms with Gasteiger partial charge in [0.2, 0.25) is 0 Å². The lowest BCUT2D eigenvalue weighted by Crippen LogP contribution is -1.91. The topological polar surface area (TPSA) is 43.1 Å². The second-order valence-electron chi connectivity index (χ2n) is 2.78. The summed E-state index contributed by atoms with van der Waals surface area (Å²) in [6.45, 7) is 5.40. The molecular weight excluding hydrogens is 178 g/mol. The third kappa shape index (κ3) is 2.07. The smallest absolute Gasteiger partial charge is 0.258 e. The normalized spacial score (nSPS) is 10.4. The molecule has 0 radical (unpaired) electrons. The van der Waals surface area contributed by atoms with Gasteiger partial charge in [-0.05, 0) is 18.6 Å². The van der Waals surface area contributed by atoms with Crippen LogP contribution in [0.1, 0.15) is 18.1 Å². The molecule has 0 unspecified atom stereocenters. The summed E-state index contributed by atoms with van der Waals surface area (Å²) < 4.78 is 0. The molecule has 0 heterocycles. The van der Waals surface area contributed by atoms with E-state index in [2.05, 4.69) is 6.58 Å². The van der Waals surface area contributed by atoms with Crippen LogP contribution in [0.3, 0.4) is 0 Å². The number of rotatable bonds is 3. The van der Waals surface area contributed by atoms with Gasteiger partial charge < -0.3 is 0 Å². The number of nitro benzene ring substituents is 1. The first-order valence-electron chi connectivity index (χ1n) is 4.22. The number of hydrogen-bond acceptors (Lipinski definition) is 2. The van der Waals surface area contributed by atoms with Crippen molar-refractivity contribution in [2.75, 3.05) is 0 Å². The van der Waals surface area contributed by atoms with E-state index in [4.69, 9.17) is 0 Å². The van der Waals surface area contributed by atoms with Crippen LogP contribution in [-0.4, -0.2) is 4.92 Å². The lowest BCUT2D eigenvalue weighted by molar-refractivity contribution is -0.385. The minimum absolute atomic E-state index is 0.0931. The Morgan fingerprint density at radius 1 is 1.50 bits per heavy atom. The molecule has 0 saturated heterocycles. The second kappa shape index (κ2) is 4.37. The lowest BCUT2D eigenvalue weighted by atomic mass is 10.1. The van der Waals surface area contributed by atoms with Crippen molar-refractivity contribution >= 4 is 17.8 Å². The molecule has 14 heavy (non-hydrogen) atoms. The van der Waals surface area contributed by atoms with Crippen LogP contribution < -0.4 is 0 Å². The largest absolute Gasteiger partial charge is 0.277 e. The van der Waals surface area contributed by atoms with E-state index in [1.54, 1.807) is 6.07 Å². The molecule has 0 atom stereocenters. The molecule has 0 fully saturated rings. The predicted molar refractivity (Wildman–Crippen MR) is 57.9 cm³/mol. The third-order valence-corrected chi connectivity index (χ3v) is 1.83. The van der Waals surface area contributed by atoms with Crippen LogP contribution in [0.15, 0.2) is 30.9 Å². The quantitative estimate of drug-likeness (QED) is 0.541. The standard InChI is InChI=1S/C11H11NO2/c1-3-5-9-6-7-10(4-2)11(8-9)12(13)14/h3-8H,2H2,1H3/b5-3+. The van der Waals surface area contributed by atoms with E-state index in [0.29, 0.717) is 5.56 Å². The maximum absolute atomic E-state index is 10.7. The molecule has 0 aliphatic heterocycles. The maximum Gasteiger partial charge on any atom is 0.277 e. The summed E-state index contributed by atoms with van der Waals surface area (Å²) in [6, 6.07) is 5.06. The fourth-order valence-corrected chi connectivity index (χ4v) is 1.19. The van der Waals surface area contributed by atoms with Gasteiger partial charge in [0.15, 0.2) is 0 Å². The molecule has 0 N–H and O–H groups in total. The van der Waals surface area contributed by atoms with Crippen molar-refractivity contribution in [1.29, 1.82) is 0 Å². The summed E-state index contributed by atoms with van der Waals surface area (Å²) >= 11 is 0. The first-order valence-corrected chi connectivity index (χ1v) is 4.22. The molecule has 3 heteroatoms. The predicted octanol–water partition coefficient (Wildman–Crippen LogP) is 3.27. The van der Waals surface area contributed by atoms with Crippen molar-refractivity contribution in [3.63, 3.8) is 0 Å². The molecule has 1 aromatic rings. The van der Waals surface area contributed by atoms with Crippen molar-refractivity contribution in [1.82, 2.24) is 0 Å². The highest BCUT2D eigenvalue weighted by Crippen LogP contribution is 2.21. The highest BCUT2D eigenvalue weighted by atomic mass is 16.6. The van der Waals surface area contributed by atoms with E-state index in [9.17, 15) is 10.1 Å². The summed E-state index contributed by atoms with van der Waals surface area (Å²) in [4.78, 5) is 10.3. The number of nitrogens with zero attached hydrogens (tertiary/aromatic N) is 1. The van der Waals surface area contributed by atoms with Crippen LogP contribution in [0.2, 0.25) is 0 Å². The Morgan fingerprint density at radius 3 is 2.71 bits per heavy atom. The molecule has 0 spiro atoms. The van der Waals surface area contributed by atoms with Crippen LogP contribution in [0.5, 0.6) is 0 Å². The molecule has 0 amide bonds. The monoisotopic (exact) mass is 189 g/mol. The zero-order valence-electron chi connectivity index (χ0n) is 7.93. The van der Waals surface area contributed by atoms with Crippen LogP contribution in [0.25, 0.3) is 12.2 Å². The molecule has 0 aromatic heterocycles. The van der Waals surface area contributed by atoms with Crippen molar-refractivity contribution in [2.45, 2.75) is 6.92 Å². The van der Waals surface area contributed by atoms with E-state index in [-0.39, 0.29) is 5.69 Å². The van der Waals surface area contributed by atoms with E-state index in [1.807, 2.05) is 25.1 Å². The van der Waals surface area contributed by atoms with Crippen molar-refractivity contribution in [3.05, 3.63) is 52.1 Å². The van der Waals surface area contributed by atoms with Gasteiger partial charge in [-0.25, -0.2) is 0 Å². The fourth-order valence-electron chi connectivity index (χ4n) is 1.19. The Hall–Kier alpha value is -1.90. The average molecular weight is 189 g/mol. The van der Waals surface area contributed by atoms with Gasteiger partial charge in [0, 0.05) is 6.07 Å². The van der Waals surface area contributed by atoms with E-state index in [0.717, 1.165) is 5.56 Å². The third-order valence-electron chi connectivity index (χ3n) is 1.83. The zero-order valence-corrected chi connectivity index (χ0v) is 7.93. The molecular formula is C11H11NO2. The summed E-state index contributed by atoms with van der Waals surface area (Å²) in [6.07, 6.45) is 5.14. The summed E-state index contributed by atoms with van der Waals surface area (Å²) in [5.74, 6) is 0. The Morgan fingerprint density at radius 2 is 2.21 bits per heavy atom. The molecule has 3 nitrogen and oxygen atoms in total. The number of nitro groups is 1. The first-order chi connectivity index (χ1) is 6.69. The molecule has 0 aliphatic carbocycles. The minimum Gasteiger partial charge on any atom is -0.258 e. The van der Waals surface area contributed by atoms with E-state index >= 15 is 0 Å². The summed E-state index contributed by atoms with van der Waals surface area (Å²) in [5, 5.41) is 10.7. The Labute approximate surface area is 82.5 Å². The minimum atomic E-state index is -0.399. The van der Waals surface area contributed by atoms with Crippen molar-refractivity contribution < 1.29 is 4.92 Å². The molecule has 1 aromatic carbocycles. The fraction of sp³-hybridized carbons (Fsp3) is 0.0909. The van der Waals surface area contributed by atoms with Gasteiger partial charge in [0.1, 0.15) is 0 Å². The Bertz CT molecular complexity index is 394. The van der Waals surface area contributed by atoms with Gasteiger partial charge in [-0.3, -0.25) is 10.1 Å². The van der Waals surface area contributed by atoms with Crippen LogP contribution in [-0.2, 0) is 0 Å². The van der Waals surface area contributed by atoms with Gasteiger partial charge in [-0.1, -0.05) is 30.9 Å². The highest BCUT2D eigenvalue weighted by molar-refractivity contribution is 5.64. The van der Waals surface area contributed by atoms with E-state index < -0.39 is 4.92 Å². The van der Waals surface area contributed by atoms with Crippen LogP contribution in [0, 0.1) is 10.1 Å². The Kier molecular flexibility index (Phi) is 3.18. The molecule has 0 saturated carbocycles. The molecule has 72 valence electrons. The average Bonchev–Trinajstić information content (AvgIpc) is 2.18.